The second kappa shape index (κ2) is 6.22. The number of rotatable bonds is 1. The Morgan fingerprint density at radius 2 is 1.86 bits per heavy atom. The van der Waals surface area contributed by atoms with Crippen molar-refractivity contribution < 1.29 is 0 Å². The molecule has 2 heterocycles. The summed E-state index contributed by atoms with van der Waals surface area (Å²) in [6.45, 7) is 4.12. The molecule has 0 spiro atoms. The molecule has 4 nitrogen and oxygen atoms in total. The lowest BCUT2D eigenvalue weighted by Gasteiger charge is -2.19. The molecule has 0 unspecified atom stereocenters. The van der Waals surface area contributed by atoms with Crippen LogP contribution in [0.5, 0.6) is 0 Å². The second-order valence-electron chi connectivity index (χ2n) is 3.29. The van der Waals surface area contributed by atoms with Gasteiger partial charge in [-0.2, -0.15) is 5.10 Å². The SMILES string of the molecule is Cc1n[nH]c(C2CCNCC2)n1.Cl.Cl. The lowest BCUT2D eigenvalue weighted by molar-refractivity contribution is 0.446. The number of halogens is 2. The van der Waals surface area contributed by atoms with Crippen molar-refractivity contribution in [2.45, 2.75) is 25.7 Å². The average Bonchev–Trinajstić information content (AvgIpc) is 2.54. The first-order chi connectivity index (χ1) is 5.86. The maximum absolute atomic E-state index is 4.34. The van der Waals surface area contributed by atoms with E-state index in [1.165, 1.54) is 12.8 Å². The van der Waals surface area contributed by atoms with E-state index < -0.39 is 0 Å². The predicted molar refractivity (Wildman–Crippen MR) is 60.5 cm³/mol. The van der Waals surface area contributed by atoms with Gasteiger partial charge in [0.1, 0.15) is 11.6 Å². The Bertz CT molecular complexity index is 258. The zero-order chi connectivity index (χ0) is 8.39. The van der Waals surface area contributed by atoms with Gasteiger partial charge >= 0.3 is 0 Å². The standard InChI is InChI=1S/C8H14N4.2ClH/c1-6-10-8(12-11-6)7-2-4-9-5-3-7;;/h7,9H,2-5H2,1H3,(H,10,11,12);2*1H. The Hall–Kier alpha value is -0.320. The minimum Gasteiger partial charge on any atom is -0.317 e. The highest BCUT2D eigenvalue weighted by Crippen LogP contribution is 2.21. The van der Waals surface area contributed by atoms with E-state index in [-0.39, 0.29) is 24.8 Å². The van der Waals surface area contributed by atoms with Gasteiger partial charge in [0.25, 0.3) is 0 Å². The van der Waals surface area contributed by atoms with Crippen molar-refractivity contribution in [3.63, 3.8) is 0 Å². The summed E-state index contributed by atoms with van der Waals surface area (Å²) in [7, 11) is 0. The number of nitrogens with one attached hydrogen (secondary N) is 2. The van der Waals surface area contributed by atoms with Gasteiger partial charge in [-0.3, -0.25) is 5.10 Å². The molecular weight excluding hydrogens is 223 g/mol. The Kier molecular flexibility index (Phi) is 6.08. The number of aromatic amines is 1. The van der Waals surface area contributed by atoms with E-state index in [1.54, 1.807) is 0 Å². The van der Waals surface area contributed by atoms with Crippen molar-refractivity contribution in [3.8, 4) is 0 Å². The molecule has 0 amide bonds. The third-order valence-corrected chi connectivity index (χ3v) is 2.34. The van der Waals surface area contributed by atoms with Crippen LogP contribution in [0.4, 0.5) is 0 Å². The van der Waals surface area contributed by atoms with E-state index in [2.05, 4.69) is 20.5 Å². The first-order valence-electron chi connectivity index (χ1n) is 4.46. The molecular formula is C8H16Cl2N4. The van der Waals surface area contributed by atoms with Crippen molar-refractivity contribution in [2.75, 3.05) is 13.1 Å². The largest absolute Gasteiger partial charge is 0.317 e. The number of nitrogens with zero attached hydrogens (tertiary/aromatic N) is 2. The minimum atomic E-state index is 0. The zero-order valence-electron chi connectivity index (χ0n) is 8.12. The number of hydrogen-bond donors (Lipinski definition) is 2. The summed E-state index contributed by atoms with van der Waals surface area (Å²) in [4.78, 5) is 4.34. The molecule has 0 aromatic carbocycles. The molecule has 82 valence electrons. The van der Waals surface area contributed by atoms with Crippen molar-refractivity contribution in [1.29, 1.82) is 0 Å². The molecule has 1 fully saturated rings. The molecule has 0 aliphatic carbocycles. The number of aromatic nitrogens is 3. The summed E-state index contributed by atoms with van der Waals surface area (Å²) in [6, 6.07) is 0. The molecule has 6 heteroatoms. The van der Waals surface area contributed by atoms with Gasteiger partial charge < -0.3 is 5.32 Å². The van der Waals surface area contributed by atoms with Crippen LogP contribution in [-0.2, 0) is 0 Å². The van der Waals surface area contributed by atoms with Gasteiger partial charge in [0, 0.05) is 5.92 Å². The van der Waals surface area contributed by atoms with Crippen molar-refractivity contribution >= 4 is 24.8 Å². The molecule has 1 aliphatic heterocycles. The molecule has 0 saturated carbocycles. The highest BCUT2D eigenvalue weighted by Gasteiger charge is 2.17. The fourth-order valence-electron chi connectivity index (χ4n) is 1.64. The molecule has 1 aromatic heterocycles. The smallest absolute Gasteiger partial charge is 0.147 e. The quantitative estimate of drug-likeness (QED) is 0.779. The summed E-state index contributed by atoms with van der Waals surface area (Å²) in [6.07, 6.45) is 2.35. The monoisotopic (exact) mass is 238 g/mol. The van der Waals surface area contributed by atoms with Crippen LogP contribution in [-0.4, -0.2) is 28.3 Å². The maximum atomic E-state index is 4.34. The third-order valence-electron chi connectivity index (χ3n) is 2.34. The molecule has 0 bridgehead atoms. The summed E-state index contributed by atoms with van der Waals surface area (Å²) in [5.41, 5.74) is 0. The fourth-order valence-corrected chi connectivity index (χ4v) is 1.64. The van der Waals surface area contributed by atoms with E-state index >= 15 is 0 Å². The van der Waals surface area contributed by atoms with E-state index in [0.717, 1.165) is 24.7 Å². The summed E-state index contributed by atoms with van der Waals surface area (Å²) >= 11 is 0. The normalized spacial score (nSPS) is 16.9. The molecule has 2 N–H and O–H groups in total. The van der Waals surface area contributed by atoms with Crippen LogP contribution in [0.1, 0.15) is 30.4 Å². The number of piperidine rings is 1. The summed E-state index contributed by atoms with van der Waals surface area (Å²) < 4.78 is 0. The molecule has 1 aliphatic rings. The van der Waals surface area contributed by atoms with E-state index in [4.69, 9.17) is 0 Å². The Balaban J connectivity index is 0.000000845. The highest BCUT2D eigenvalue weighted by atomic mass is 35.5. The molecule has 1 aromatic rings. The van der Waals surface area contributed by atoms with Gasteiger partial charge in [0.15, 0.2) is 0 Å². The van der Waals surface area contributed by atoms with Crippen LogP contribution in [0.25, 0.3) is 0 Å². The first kappa shape index (κ1) is 13.7. The Morgan fingerprint density at radius 1 is 1.21 bits per heavy atom. The highest BCUT2D eigenvalue weighted by molar-refractivity contribution is 5.85. The van der Waals surface area contributed by atoms with E-state index in [0.29, 0.717) is 5.92 Å². The topological polar surface area (TPSA) is 53.6 Å². The van der Waals surface area contributed by atoms with Crippen LogP contribution in [0.3, 0.4) is 0 Å². The van der Waals surface area contributed by atoms with Gasteiger partial charge in [-0.25, -0.2) is 4.98 Å². The Labute approximate surface area is 96.1 Å². The van der Waals surface area contributed by atoms with Crippen LogP contribution in [0.15, 0.2) is 0 Å². The fraction of sp³-hybridized carbons (Fsp3) is 0.750. The van der Waals surface area contributed by atoms with Crippen LogP contribution >= 0.6 is 24.8 Å². The van der Waals surface area contributed by atoms with Crippen molar-refractivity contribution in [3.05, 3.63) is 11.6 Å². The van der Waals surface area contributed by atoms with Gasteiger partial charge in [-0.05, 0) is 32.9 Å². The van der Waals surface area contributed by atoms with Gasteiger partial charge in [0.05, 0.1) is 0 Å². The van der Waals surface area contributed by atoms with Crippen LogP contribution in [0.2, 0.25) is 0 Å². The summed E-state index contributed by atoms with van der Waals surface area (Å²) in [5, 5.41) is 10.4. The van der Waals surface area contributed by atoms with Gasteiger partial charge in [-0.15, -0.1) is 24.8 Å². The maximum Gasteiger partial charge on any atom is 0.147 e. The molecule has 0 atom stereocenters. The lowest BCUT2D eigenvalue weighted by atomic mass is 9.98. The zero-order valence-corrected chi connectivity index (χ0v) is 9.75. The number of aryl methyl sites for hydroxylation is 1. The van der Waals surface area contributed by atoms with Crippen molar-refractivity contribution in [2.24, 2.45) is 0 Å². The molecule has 14 heavy (non-hydrogen) atoms. The van der Waals surface area contributed by atoms with E-state index in [9.17, 15) is 0 Å². The Morgan fingerprint density at radius 3 is 2.36 bits per heavy atom. The van der Waals surface area contributed by atoms with Crippen molar-refractivity contribution in [1.82, 2.24) is 20.5 Å². The summed E-state index contributed by atoms with van der Waals surface area (Å²) in [5.74, 6) is 2.50. The minimum absolute atomic E-state index is 0. The second-order valence-corrected chi connectivity index (χ2v) is 3.29. The predicted octanol–water partition coefficient (Wildman–Crippen LogP) is 1.42. The van der Waals surface area contributed by atoms with Gasteiger partial charge in [0.2, 0.25) is 0 Å². The average molecular weight is 239 g/mol. The third kappa shape index (κ3) is 3.12. The molecule has 2 rings (SSSR count). The molecule has 1 saturated heterocycles. The van der Waals surface area contributed by atoms with E-state index in [1.807, 2.05) is 6.92 Å². The number of hydrogen-bond acceptors (Lipinski definition) is 3. The van der Waals surface area contributed by atoms with Crippen LogP contribution < -0.4 is 5.32 Å². The van der Waals surface area contributed by atoms with Crippen LogP contribution in [0, 0.1) is 6.92 Å². The first-order valence-corrected chi connectivity index (χ1v) is 4.46. The van der Waals surface area contributed by atoms with Gasteiger partial charge in [-0.1, -0.05) is 0 Å². The number of H-pyrrole nitrogens is 1. The lowest BCUT2D eigenvalue weighted by Crippen LogP contribution is -2.27. The molecule has 0 radical (unpaired) electrons.